The maximum atomic E-state index is 3.64. The van der Waals surface area contributed by atoms with Crippen molar-refractivity contribution in [3.05, 3.63) is 22.4 Å². The molecule has 0 radical (unpaired) electrons. The predicted molar refractivity (Wildman–Crippen MR) is 89.3 cm³/mol. The molecule has 3 heteroatoms. The van der Waals surface area contributed by atoms with Gasteiger partial charge in [0.05, 0.1) is 0 Å². The summed E-state index contributed by atoms with van der Waals surface area (Å²) in [7, 11) is 0. The molecule has 0 bridgehead atoms. The summed E-state index contributed by atoms with van der Waals surface area (Å²) in [6.45, 7) is 11.8. The van der Waals surface area contributed by atoms with Crippen molar-refractivity contribution >= 4 is 11.3 Å². The molecule has 1 aromatic heterocycles. The molecule has 1 unspecified atom stereocenters. The molecular formula is C17H30N2S. The van der Waals surface area contributed by atoms with Crippen molar-refractivity contribution in [1.29, 1.82) is 0 Å². The maximum Gasteiger partial charge on any atom is 0.0330 e. The Morgan fingerprint density at radius 3 is 2.85 bits per heavy atom. The van der Waals surface area contributed by atoms with E-state index in [4.69, 9.17) is 0 Å². The van der Waals surface area contributed by atoms with E-state index in [1.807, 2.05) is 11.3 Å². The summed E-state index contributed by atoms with van der Waals surface area (Å²) < 4.78 is 0. The van der Waals surface area contributed by atoms with Crippen molar-refractivity contribution in [1.82, 2.24) is 10.2 Å². The minimum atomic E-state index is 0.495. The summed E-state index contributed by atoms with van der Waals surface area (Å²) in [5, 5.41) is 5.83. The van der Waals surface area contributed by atoms with Crippen molar-refractivity contribution in [3.8, 4) is 0 Å². The van der Waals surface area contributed by atoms with Gasteiger partial charge in [0, 0.05) is 30.6 Å². The number of nitrogens with zero attached hydrogens (tertiary/aromatic N) is 1. The first-order chi connectivity index (χ1) is 9.65. The SMILES string of the molecule is CCCC1(CN(Cc2cccs2)C(C)C)CCCNC1. The van der Waals surface area contributed by atoms with E-state index in [0.717, 1.165) is 6.54 Å². The third kappa shape index (κ3) is 4.31. The molecule has 1 atom stereocenters. The van der Waals surface area contributed by atoms with Crippen molar-refractivity contribution < 1.29 is 0 Å². The van der Waals surface area contributed by atoms with E-state index in [-0.39, 0.29) is 0 Å². The molecule has 2 heterocycles. The van der Waals surface area contributed by atoms with Gasteiger partial charge in [0.15, 0.2) is 0 Å². The highest BCUT2D eigenvalue weighted by atomic mass is 32.1. The van der Waals surface area contributed by atoms with Gasteiger partial charge in [0.1, 0.15) is 0 Å². The van der Waals surface area contributed by atoms with Crippen LogP contribution in [0.5, 0.6) is 0 Å². The number of rotatable bonds is 7. The molecule has 1 aliphatic rings. The highest BCUT2D eigenvalue weighted by Gasteiger charge is 2.33. The van der Waals surface area contributed by atoms with Crippen molar-refractivity contribution in [2.45, 2.75) is 59.0 Å². The Balaban J connectivity index is 2.04. The number of piperidine rings is 1. The molecule has 1 fully saturated rings. The Bertz CT molecular complexity index is 361. The molecule has 1 saturated heterocycles. The average molecular weight is 295 g/mol. The van der Waals surface area contributed by atoms with Crippen LogP contribution in [0.15, 0.2) is 17.5 Å². The molecule has 2 nitrogen and oxygen atoms in total. The zero-order valence-corrected chi connectivity index (χ0v) is 14.1. The van der Waals surface area contributed by atoms with Crippen LogP contribution in [0.25, 0.3) is 0 Å². The molecule has 0 aliphatic carbocycles. The summed E-state index contributed by atoms with van der Waals surface area (Å²) in [4.78, 5) is 4.17. The molecule has 0 aromatic carbocycles. The van der Waals surface area contributed by atoms with E-state index < -0.39 is 0 Å². The van der Waals surface area contributed by atoms with E-state index in [1.54, 1.807) is 0 Å². The minimum Gasteiger partial charge on any atom is -0.316 e. The van der Waals surface area contributed by atoms with Crippen LogP contribution in [-0.2, 0) is 6.54 Å². The van der Waals surface area contributed by atoms with Crippen LogP contribution >= 0.6 is 11.3 Å². The van der Waals surface area contributed by atoms with Crippen LogP contribution in [0.3, 0.4) is 0 Å². The lowest BCUT2D eigenvalue weighted by Gasteiger charge is -2.43. The largest absolute Gasteiger partial charge is 0.316 e. The zero-order valence-electron chi connectivity index (χ0n) is 13.3. The minimum absolute atomic E-state index is 0.495. The van der Waals surface area contributed by atoms with E-state index in [0.29, 0.717) is 11.5 Å². The van der Waals surface area contributed by atoms with Crippen molar-refractivity contribution in [2.24, 2.45) is 5.41 Å². The predicted octanol–water partition coefficient (Wildman–Crippen LogP) is 4.13. The second kappa shape index (κ2) is 7.58. The first-order valence-corrected chi connectivity index (χ1v) is 9.00. The lowest BCUT2D eigenvalue weighted by Crippen LogP contribution is -2.49. The molecule has 114 valence electrons. The molecular weight excluding hydrogens is 264 g/mol. The Morgan fingerprint density at radius 1 is 1.45 bits per heavy atom. The van der Waals surface area contributed by atoms with Crippen LogP contribution in [0.2, 0.25) is 0 Å². The van der Waals surface area contributed by atoms with Crippen molar-refractivity contribution in [3.63, 3.8) is 0 Å². The fourth-order valence-electron chi connectivity index (χ4n) is 3.44. The average Bonchev–Trinajstić information content (AvgIpc) is 2.92. The quantitative estimate of drug-likeness (QED) is 0.813. The van der Waals surface area contributed by atoms with Crippen LogP contribution in [0, 0.1) is 5.41 Å². The van der Waals surface area contributed by atoms with Gasteiger partial charge in [-0.25, -0.2) is 0 Å². The molecule has 2 rings (SSSR count). The number of hydrogen-bond acceptors (Lipinski definition) is 3. The second-order valence-electron chi connectivity index (χ2n) is 6.61. The number of nitrogens with one attached hydrogen (secondary N) is 1. The smallest absolute Gasteiger partial charge is 0.0330 e. The number of thiophene rings is 1. The van der Waals surface area contributed by atoms with Crippen LogP contribution < -0.4 is 5.32 Å². The van der Waals surface area contributed by atoms with Gasteiger partial charge in [-0.2, -0.15) is 0 Å². The molecule has 0 spiro atoms. The first-order valence-electron chi connectivity index (χ1n) is 8.12. The molecule has 1 aliphatic heterocycles. The Labute approximate surface area is 128 Å². The second-order valence-corrected chi connectivity index (χ2v) is 7.64. The lowest BCUT2D eigenvalue weighted by molar-refractivity contribution is 0.0820. The molecule has 1 N–H and O–H groups in total. The monoisotopic (exact) mass is 294 g/mol. The van der Waals surface area contributed by atoms with Crippen LogP contribution in [0.1, 0.15) is 51.3 Å². The lowest BCUT2D eigenvalue weighted by atomic mass is 9.76. The highest BCUT2D eigenvalue weighted by Crippen LogP contribution is 2.33. The summed E-state index contributed by atoms with van der Waals surface area (Å²) in [6, 6.07) is 5.06. The third-order valence-electron chi connectivity index (χ3n) is 4.55. The van der Waals surface area contributed by atoms with E-state index in [1.165, 1.54) is 50.2 Å². The van der Waals surface area contributed by atoms with Gasteiger partial charge in [-0.1, -0.05) is 19.4 Å². The summed E-state index contributed by atoms with van der Waals surface area (Å²) in [5.74, 6) is 0. The van der Waals surface area contributed by atoms with Gasteiger partial charge < -0.3 is 5.32 Å². The summed E-state index contributed by atoms with van der Waals surface area (Å²) in [5.41, 5.74) is 0.495. The van der Waals surface area contributed by atoms with E-state index in [9.17, 15) is 0 Å². The molecule has 20 heavy (non-hydrogen) atoms. The van der Waals surface area contributed by atoms with Crippen molar-refractivity contribution in [2.75, 3.05) is 19.6 Å². The van der Waals surface area contributed by atoms with E-state index >= 15 is 0 Å². The van der Waals surface area contributed by atoms with Gasteiger partial charge in [0.25, 0.3) is 0 Å². The van der Waals surface area contributed by atoms with Gasteiger partial charge in [-0.3, -0.25) is 4.90 Å². The van der Waals surface area contributed by atoms with Crippen LogP contribution in [0.4, 0.5) is 0 Å². The third-order valence-corrected chi connectivity index (χ3v) is 5.41. The van der Waals surface area contributed by atoms with Gasteiger partial charge in [-0.05, 0) is 56.5 Å². The highest BCUT2D eigenvalue weighted by molar-refractivity contribution is 7.09. The standard InChI is InChI=1S/C17H30N2S/c1-4-8-17(9-6-10-18-13-17)14-19(15(2)3)12-16-7-5-11-20-16/h5,7,11,15,18H,4,6,8-10,12-14H2,1-3H3. The topological polar surface area (TPSA) is 15.3 Å². The van der Waals surface area contributed by atoms with Crippen LogP contribution in [-0.4, -0.2) is 30.6 Å². The molecule has 1 aromatic rings. The first kappa shape index (κ1) is 16.0. The number of hydrogen-bond donors (Lipinski definition) is 1. The van der Waals surface area contributed by atoms with Gasteiger partial charge in [0.2, 0.25) is 0 Å². The maximum absolute atomic E-state index is 3.64. The molecule has 0 saturated carbocycles. The fraction of sp³-hybridized carbons (Fsp3) is 0.765. The van der Waals surface area contributed by atoms with Gasteiger partial charge >= 0.3 is 0 Å². The van der Waals surface area contributed by atoms with E-state index in [2.05, 4.69) is 48.5 Å². The summed E-state index contributed by atoms with van der Waals surface area (Å²) >= 11 is 1.89. The Morgan fingerprint density at radius 2 is 2.30 bits per heavy atom. The normalized spacial score (nSPS) is 23.6. The fourth-order valence-corrected chi connectivity index (χ4v) is 4.17. The zero-order chi connectivity index (χ0) is 14.4. The summed E-state index contributed by atoms with van der Waals surface area (Å²) in [6.07, 6.45) is 5.38. The Hall–Kier alpha value is -0.380. The van der Waals surface area contributed by atoms with Gasteiger partial charge in [-0.15, -0.1) is 11.3 Å². The Kier molecular flexibility index (Phi) is 6.06. The molecule has 0 amide bonds.